The van der Waals surface area contributed by atoms with Gasteiger partial charge < -0.3 is 18.9 Å². The van der Waals surface area contributed by atoms with Crippen LogP contribution < -0.4 is 9.47 Å². The Morgan fingerprint density at radius 1 is 1.09 bits per heavy atom. The first-order valence-corrected chi connectivity index (χ1v) is 11.6. The van der Waals surface area contributed by atoms with Crippen molar-refractivity contribution in [3.05, 3.63) is 67.6 Å². The van der Waals surface area contributed by atoms with E-state index < -0.39 is 0 Å². The second-order valence-electron chi connectivity index (χ2n) is 7.81. The van der Waals surface area contributed by atoms with Gasteiger partial charge in [-0.15, -0.1) is 0 Å². The van der Waals surface area contributed by atoms with E-state index >= 15 is 0 Å². The summed E-state index contributed by atoms with van der Waals surface area (Å²) in [6.07, 6.45) is 6.45. The topological polar surface area (TPSA) is 69.5 Å². The molecule has 0 bridgehead atoms. The molecular weight excluding hydrogens is 428 g/mol. The van der Waals surface area contributed by atoms with Crippen LogP contribution in [0.5, 0.6) is 11.5 Å². The van der Waals surface area contributed by atoms with Crippen LogP contribution in [0, 0.1) is 0 Å². The lowest BCUT2D eigenvalue weighted by Gasteiger charge is -2.31. The highest BCUT2D eigenvalue weighted by Gasteiger charge is 2.24. The number of benzene rings is 2. The Morgan fingerprint density at radius 2 is 1.85 bits per heavy atom. The molecule has 0 N–H and O–H groups in total. The highest BCUT2D eigenvalue weighted by atomic mass is 16.5. The summed E-state index contributed by atoms with van der Waals surface area (Å²) in [7, 11) is 1.63. The van der Waals surface area contributed by atoms with E-state index in [1.54, 1.807) is 18.3 Å². The Balaban J connectivity index is 0.00000133. The fraction of sp³-hybridized carbons (Fsp3) is 0.296. The number of nitrogens with zero attached hydrogens (tertiary/aromatic N) is 4. The third kappa shape index (κ3) is 4.46. The molecule has 0 unspecified atom stereocenters. The molecule has 5 rings (SSSR count). The van der Waals surface area contributed by atoms with E-state index in [-0.39, 0.29) is 12.0 Å². The van der Waals surface area contributed by atoms with Crippen LogP contribution in [0.2, 0.25) is 0 Å². The monoisotopic (exact) mass is 458 g/mol. The van der Waals surface area contributed by atoms with Gasteiger partial charge in [-0.1, -0.05) is 38.6 Å². The smallest absolute Gasteiger partial charge is 0.245 e. The lowest BCUT2D eigenvalue weighted by molar-refractivity contribution is -0.127. The molecule has 0 atom stereocenters. The van der Waals surface area contributed by atoms with Crippen molar-refractivity contribution in [1.29, 1.82) is 0 Å². The van der Waals surface area contributed by atoms with E-state index in [0.717, 1.165) is 40.5 Å². The van der Waals surface area contributed by atoms with Crippen molar-refractivity contribution < 1.29 is 14.3 Å². The predicted octanol–water partition coefficient (Wildman–Crippen LogP) is 5.16. The highest BCUT2D eigenvalue weighted by Crippen LogP contribution is 2.36. The van der Waals surface area contributed by atoms with Crippen molar-refractivity contribution >= 4 is 27.7 Å². The number of amides is 1. The molecule has 1 saturated heterocycles. The van der Waals surface area contributed by atoms with E-state index in [9.17, 15) is 4.79 Å². The Labute approximate surface area is 199 Å². The summed E-state index contributed by atoms with van der Waals surface area (Å²) in [4.78, 5) is 22.7. The molecule has 7 heteroatoms. The number of fused-ring (bicyclic) bond motifs is 2. The molecule has 2 aromatic carbocycles. The van der Waals surface area contributed by atoms with Crippen LogP contribution in [-0.4, -0.2) is 51.6 Å². The molecule has 34 heavy (non-hydrogen) atoms. The van der Waals surface area contributed by atoms with Gasteiger partial charge in [-0.2, -0.15) is 0 Å². The van der Waals surface area contributed by atoms with Gasteiger partial charge in [-0.05, 0) is 29.7 Å². The third-order valence-electron chi connectivity index (χ3n) is 5.95. The second kappa shape index (κ2) is 10.4. The summed E-state index contributed by atoms with van der Waals surface area (Å²) in [5.41, 5.74) is 1.86. The highest BCUT2D eigenvalue weighted by molar-refractivity contribution is 5.91. The van der Waals surface area contributed by atoms with Crippen molar-refractivity contribution in [3.8, 4) is 17.3 Å². The first kappa shape index (κ1) is 23.3. The van der Waals surface area contributed by atoms with E-state index in [1.807, 2.05) is 44.3 Å². The summed E-state index contributed by atoms with van der Waals surface area (Å²) in [5.74, 6) is 2.03. The summed E-state index contributed by atoms with van der Waals surface area (Å²) in [6.45, 7) is 8.87. The number of carbonyl (C=O) groups excluding carboxylic acids is 1. The molecule has 0 saturated carbocycles. The average molecular weight is 459 g/mol. The van der Waals surface area contributed by atoms with Gasteiger partial charge in [0.15, 0.2) is 11.5 Å². The number of ether oxygens (including phenoxy) is 2. The molecule has 1 amide bonds. The van der Waals surface area contributed by atoms with Crippen molar-refractivity contribution in [2.24, 2.45) is 0 Å². The maximum atomic E-state index is 11.9. The SMILES string of the molecule is C=CC(=O)N1CCC(Oc2cc3c(-n4ccc5ccccc54)ncnc3cc2OC)CC1.CC. The van der Waals surface area contributed by atoms with E-state index in [1.165, 1.54) is 6.08 Å². The molecule has 176 valence electrons. The molecule has 1 aliphatic rings. The molecular formula is C27H30N4O3. The fourth-order valence-electron chi connectivity index (χ4n) is 4.26. The number of piperidine rings is 1. The minimum absolute atomic E-state index is 0.00398. The van der Waals surface area contributed by atoms with Crippen LogP contribution in [0.4, 0.5) is 0 Å². The predicted molar refractivity (Wildman–Crippen MR) is 135 cm³/mol. The van der Waals surface area contributed by atoms with Crippen LogP contribution >= 0.6 is 0 Å². The van der Waals surface area contributed by atoms with E-state index in [2.05, 4.69) is 39.3 Å². The van der Waals surface area contributed by atoms with Crippen molar-refractivity contribution in [3.63, 3.8) is 0 Å². The van der Waals surface area contributed by atoms with Gasteiger partial charge in [0.05, 0.1) is 18.1 Å². The molecule has 1 aliphatic heterocycles. The third-order valence-corrected chi connectivity index (χ3v) is 5.95. The van der Waals surface area contributed by atoms with Gasteiger partial charge in [-0.3, -0.25) is 4.79 Å². The number of carbonyl (C=O) groups is 1. The number of likely N-dealkylation sites (tertiary alicyclic amines) is 1. The van der Waals surface area contributed by atoms with E-state index in [0.29, 0.717) is 24.6 Å². The summed E-state index contributed by atoms with van der Waals surface area (Å²) in [5, 5.41) is 2.02. The van der Waals surface area contributed by atoms with Gasteiger partial charge in [0.1, 0.15) is 18.2 Å². The Bertz CT molecular complexity index is 1310. The van der Waals surface area contributed by atoms with Crippen molar-refractivity contribution in [2.45, 2.75) is 32.8 Å². The quantitative estimate of drug-likeness (QED) is 0.386. The Morgan fingerprint density at radius 3 is 2.59 bits per heavy atom. The normalized spacial score (nSPS) is 13.9. The number of aromatic nitrogens is 3. The van der Waals surface area contributed by atoms with Crippen LogP contribution in [-0.2, 0) is 4.79 Å². The zero-order valence-electron chi connectivity index (χ0n) is 19.9. The first-order chi connectivity index (χ1) is 16.7. The van der Waals surface area contributed by atoms with Crippen molar-refractivity contribution in [2.75, 3.05) is 20.2 Å². The van der Waals surface area contributed by atoms with Crippen LogP contribution in [0.25, 0.3) is 27.6 Å². The van der Waals surface area contributed by atoms with Gasteiger partial charge in [0.25, 0.3) is 0 Å². The molecule has 0 spiro atoms. The maximum absolute atomic E-state index is 11.9. The number of methoxy groups -OCH3 is 1. The summed E-state index contributed by atoms with van der Waals surface area (Å²) < 4.78 is 14.0. The largest absolute Gasteiger partial charge is 0.493 e. The molecule has 7 nitrogen and oxygen atoms in total. The van der Waals surface area contributed by atoms with Gasteiger partial charge in [0, 0.05) is 43.6 Å². The number of hydrogen-bond acceptors (Lipinski definition) is 5. The standard InChI is InChI=1S/C25H24N4O3.C2H6/c1-3-24(30)28-11-9-18(10-12-28)32-23-14-19-20(15-22(23)31-2)26-16-27-25(19)29-13-8-17-6-4-5-7-21(17)29;1-2/h3-8,13-16,18H,1,9-12H2,2H3;1-2H3. The summed E-state index contributed by atoms with van der Waals surface area (Å²) >= 11 is 0. The van der Waals surface area contributed by atoms with Gasteiger partial charge >= 0.3 is 0 Å². The van der Waals surface area contributed by atoms with Gasteiger partial charge in [0.2, 0.25) is 5.91 Å². The zero-order valence-corrected chi connectivity index (χ0v) is 19.9. The Kier molecular flexibility index (Phi) is 7.11. The zero-order chi connectivity index (χ0) is 24.1. The maximum Gasteiger partial charge on any atom is 0.245 e. The lowest BCUT2D eigenvalue weighted by Crippen LogP contribution is -2.41. The average Bonchev–Trinajstić information content (AvgIpc) is 3.33. The number of para-hydroxylation sites is 1. The second-order valence-corrected chi connectivity index (χ2v) is 7.81. The minimum atomic E-state index is -0.0347. The fourth-order valence-corrected chi connectivity index (χ4v) is 4.26. The molecule has 0 aliphatic carbocycles. The molecule has 0 radical (unpaired) electrons. The lowest BCUT2D eigenvalue weighted by atomic mass is 10.1. The number of hydrogen-bond donors (Lipinski definition) is 0. The van der Waals surface area contributed by atoms with Crippen LogP contribution in [0.15, 0.2) is 67.6 Å². The minimum Gasteiger partial charge on any atom is -0.493 e. The molecule has 3 heterocycles. The molecule has 4 aromatic rings. The Hall–Kier alpha value is -3.87. The van der Waals surface area contributed by atoms with Crippen LogP contribution in [0.3, 0.4) is 0 Å². The number of rotatable bonds is 5. The molecule has 1 fully saturated rings. The van der Waals surface area contributed by atoms with Gasteiger partial charge in [-0.25, -0.2) is 9.97 Å². The first-order valence-electron chi connectivity index (χ1n) is 11.6. The van der Waals surface area contributed by atoms with Crippen molar-refractivity contribution in [1.82, 2.24) is 19.4 Å². The molecule has 2 aromatic heterocycles. The van der Waals surface area contributed by atoms with Crippen LogP contribution in [0.1, 0.15) is 26.7 Å². The summed E-state index contributed by atoms with van der Waals surface area (Å²) in [6, 6.07) is 14.1. The van der Waals surface area contributed by atoms with E-state index in [4.69, 9.17) is 9.47 Å².